The second kappa shape index (κ2) is 6.57. The van der Waals surface area contributed by atoms with Gasteiger partial charge in [-0.2, -0.15) is 0 Å². The van der Waals surface area contributed by atoms with Crippen LogP contribution in [0.1, 0.15) is 38.8 Å². The van der Waals surface area contributed by atoms with Gasteiger partial charge in [0.2, 0.25) is 0 Å². The second-order valence-corrected chi connectivity index (χ2v) is 7.07. The van der Waals surface area contributed by atoms with Crippen molar-refractivity contribution in [3.63, 3.8) is 0 Å². The summed E-state index contributed by atoms with van der Waals surface area (Å²) in [6.45, 7) is 0.726. The van der Waals surface area contributed by atoms with Gasteiger partial charge in [-0.25, -0.2) is 4.98 Å². The highest BCUT2D eigenvalue weighted by Gasteiger charge is 2.29. The van der Waals surface area contributed by atoms with Crippen LogP contribution in [0.15, 0.2) is 60.7 Å². The van der Waals surface area contributed by atoms with E-state index < -0.39 is 0 Å². The number of aromatic nitrogens is 1. The molecule has 1 atom stereocenters. The number of hydrogen-bond acceptors (Lipinski definition) is 4. The van der Waals surface area contributed by atoms with Gasteiger partial charge in [0.05, 0.1) is 10.6 Å². The molecule has 1 unspecified atom stereocenters. The molecule has 0 saturated carbocycles. The number of nitrogens with one attached hydrogen (secondary N) is 1. The van der Waals surface area contributed by atoms with Crippen molar-refractivity contribution in [2.24, 2.45) is 0 Å². The highest BCUT2D eigenvalue weighted by atomic mass is 32.1. The number of nitrogens with zero attached hydrogens (tertiary/aromatic N) is 1. The molecule has 0 saturated heterocycles. The molecule has 0 fully saturated rings. The van der Waals surface area contributed by atoms with Crippen molar-refractivity contribution in [2.45, 2.75) is 25.3 Å². The maximum atomic E-state index is 12.5. The van der Waals surface area contributed by atoms with Gasteiger partial charge in [-0.05, 0) is 23.5 Å². The molecule has 0 aliphatic heterocycles. The minimum Gasteiger partial charge on any atom is -0.357 e. The third-order valence-electron chi connectivity index (χ3n) is 4.38. The van der Waals surface area contributed by atoms with Gasteiger partial charge in [0.15, 0.2) is 10.9 Å². The molecule has 1 aliphatic rings. The van der Waals surface area contributed by atoms with Crippen molar-refractivity contribution in [2.75, 3.05) is 5.32 Å². The van der Waals surface area contributed by atoms with Gasteiger partial charge in [-0.3, -0.25) is 4.79 Å². The summed E-state index contributed by atoms with van der Waals surface area (Å²) in [6.07, 6.45) is 1.42. The van der Waals surface area contributed by atoms with Crippen LogP contribution in [0.25, 0.3) is 0 Å². The van der Waals surface area contributed by atoms with E-state index in [1.807, 2.05) is 36.4 Å². The summed E-state index contributed by atoms with van der Waals surface area (Å²) in [5.41, 5.74) is 3.38. The predicted molar refractivity (Wildman–Crippen MR) is 97.7 cm³/mol. The van der Waals surface area contributed by atoms with Crippen molar-refractivity contribution in [3.05, 3.63) is 82.4 Å². The number of hydrogen-bond donors (Lipinski definition) is 1. The average molecular weight is 334 g/mol. The molecule has 0 radical (unpaired) electrons. The van der Waals surface area contributed by atoms with Gasteiger partial charge in [0.1, 0.15) is 0 Å². The predicted octanol–water partition coefficient (Wildman–Crippen LogP) is 4.67. The smallest absolute Gasteiger partial charge is 0.183 e. The van der Waals surface area contributed by atoms with Crippen molar-refractivity contribution < 1.29 is 4.79 Å². The number of Topliss-reactive ketones (excluding diaryl/α,β-unsaturated/α-hetero) is 1. The van der Waals surface area contributed by atoms with Gasteiger partial charge in [0.25, 0.3) is 0 Å². The second-order valence-electron chi connectivity index (χ2n) is 6.07. The van der Waals surface area contributed by atoms with Gasteiger partial charge in [-0.1, -0.05) is 72.0 Å². The molecule has 3 nitrogen and oxygen atoms in total. The van der Waals surface area contributed by atoms with Crippen LogP contribution in [-0.4, -0.2) is 10.8 Å². The number of anilines is 1. The van der Waals surface area contributed by atoms with Crippen molar-refractivity contribution >= 4 is 22.3 Å². The summed E-state index contributed by atoms with van der Waals surface area (Å²) in [6, 6.07) is 20.5. The van der Waals surface area contributed by atoms with Crippen LogP contribution in [0.3, 0.4) is 0 Å². The van der Waals surface area contributed by atoms with Crippen LogP contribution >= 0.6 is 11.3 Å². The zero-order valence-electron chi connectivity index (χ0n) is 13.2. The Morgan fingerprint density at radius 1 is 1.00 bits per heavy atom. The molecule has 1 N–H and O–H groups in total. The van der Waals surface area contributed by atoms with E-state index in [4.69, 9.17) is 0 Å². The fourth-order valence-corrected chi connectivity index (χ4v) is 4.08. The lowest BCUT2D eigenvalue weighted by Gasteiger charge is -2.20. The Bertz CT molecular complexity index is 843. The number of benzene rings is 2. The number of carbonyl (C=O) groups excluding carboxylic acids is 1. The molecular formula is C20H18N2OS. The summed E-state index contributed by atoms with van der Waals surface area (Å²) < 4.78 is 0. The summed E-state index contributed by atoms with van der Waals surface area (Å²) in [7, 11) is 0. The minimum absolute atomic E-state index is 0.218. The van der Waals surface area contributed by atoms with Gasteiger partial charge in [0, 0.05) is 13.0 Å². The zero-order chi connectivity index (χ0) is 16.4. The molecule has 4 rings (SSSR count). The summed E-state index contributed by atoms with van der Waals surface area (Å²) >= 11 is 1.49. The summed E-state index contributed by atoms with van der Waals surface area (Å²) in [5, 5.41) is 4.19. The fourth-order valence-electron chi connectivity index (χ4n) is 3.14. The monoisotopic (exact) mass is 334 g/mol. The van der Waals surface area contributed by atoms with E-state index in [0.717, 1.165) is 28.7 Å². The molecule has 24 heavy (non-hydrogen) atoms. The van der Waals surface area contributed by atoms with Crippen molar-refractivity contribution in [1.82, 2.24) is 4.98 Å². The highest BCUT2D eigenvalue weighted by molar-refractivity contribution is 7.17. The molecule has 3 aromatic rings. The largest absolute Gasteiger partial charge is 0.357 e. The Labute approximate surface area is 145 Å². The number of fused-ring (bicyclic) bond motifs is 1. The van der Waals surface area contributed by atoms with E-state index in [9.17, 15) is 4.79 Å². The Morgan fingerprint density at radius 2 is 1.71 bits per heavy atom. The molecule has 1 aromatic heterocycles. The number of rotatable bonds is 4. The maximum Gasteiger partial charge on any atom is 0.183 e. The lowest BCUT2D eigenvalue weighted by atomic mass is 9.85. The first-order valence-corrected chi connectivity index (χ1v) is 8.97. The van der Waals surface area contributed by atoms with E-state index >= 15 is 0 Å². The van der Waals surface area contributed by atoms with Crippen LogP contribution in [0.2, 0.25) is 0 Å². The molecule has 120 valence electrons. The van der Waals surface area contributed by atoms with Crippen LogP contribution in [0, 0.1) is 0 Å². The first-order valence-electron chi connectivity index (χ1n) is 8.15. The molecule has 4 heteroatoms. The summed E-state index contributed by atoms with van der Waals surface area (Å²) in [5.74, 6) is 0.464. The summed E-state index contributed by atoms with van der Waals surface area (Å²) in [4.78, 5) is 18.0. The van der Waals surface area contributed by atoms with Crippen molar-refractivity contribution in [3.8, 4) is 0 Å². The molecule has 1 heterocycles. The number of thiazole rings is 1. The topological polar surface area (TPSA) is 42.0 Å². The lowest BCUT2D eigenvalue weighted by molar-refractivity contribution is 0.0968. The van der Waals surface area contributed by atoms with E-state index in [2.05, 4.69) is 34.6 Å². The SMILES string of the molecule is O=C1CC(c2ccccc2)Cc2nc(NCc3ccccc3)sc21. The van der Waals surface area contributed by atoms with Crippen LogP contribution in [0.4, 0.5) is 5.13 Å². The van der Waals surface area contributed by atoms with E-state index in [1.54, 1.807) is 0 Å². The lowest BCUT2D eigenvalue weighted by Crippen LogP contribution is -2.17. The first kappa shape index (κ1) is 15.1. The van der Waals surface area contributed by atoms with Crippen molar-refractivity contribution in [1.29, 1.82) is 0 Å². The molecule has 0 amide bonds. The molecule has 1 aliphatic carbocycles. The fraction of sp³-hybridized carbons (Fsp3) is 0.200. The quantitative estimate of drug-likeness (QED) is 0.754. The van der Waals surface area contributed by atoms with Gasteiger partial charge in [-0.15, -0.1) is 0 Å². The third-order valence-corrected chi connectivity index (χ3v) is 5.48. The van der Waals surface area contributed by atoms with E-state index in [1.165, 1.54) is 22.5 Å². The molecule has 0 bridgehead atoms. The van der Waals surface area contributed by atoms with Gasteiger partial charge >= 0.3 is 0 Å². The Balaban J connectivity index is 1.51. The van der Waals surface area contributed by atoms with E-state index in [0.29, 0.717) is 6.42 Å². The van der Waals surface area contributed by atoms with Crippen LogP contribution < -0.4 is 5.32 Å². The Hall–Kier alpha value is -2.46. The van der Waals surface area contributed by atoms with Crippen LogP contribution in [-0.2, 0) is 13.0 Å². The Kier molecular flexibility index (Phi) is 4.13. The molecule has 0 spiro atoms. The third kappa shape index (κ3) is 3.10. The standard InChI is InChI=1S/C20H18N2OS/c23-18-12-16(15-9-5-2-6-10-15)11-17-19(18)24-20(22-17)21-13-14-7-3-1-4-8-14/h1-10,16H,11-13H2,(H,21,22). The Morgan fingerprint density at radius 3 is 2.46 bits per heavy atom. The first-order chi connectivity index (χ1) is 11.8. The maximum absolute atomic E-state index is 12.5. The number of ketones is 1. The van der Waals surface area contributed by atoms with Gasteiger partial charge < -0.3 is 5.32 Å². The number of carbonyl (C=O) groups is 1. The van der Waals surface area contributed by atoms with E-state index in [-0.39, 0.29) is 11.7 Å². The van der Waals surface area contributed by atoms with Crippen LogP contribution in [0.5, 0.6) is 0 Å². The normalized spacial score (nSPS) is 16.7. The average Bonchev–Trinajstić information content (AvgIpc) is 3.05. The highest BCUT2D eigenvalue weighted by Crippen LogP contribution is 2.36. The molecular weight excluding hydrogens is 316 g/mol. The minimum atomic E-state index is 0.218. The molecule has 2 aromatic carbocycles. The zero-order valence-corrected chi connectivity index (χ0v) is 14.1.